The Hall–Kier alpha value is -2.18. The summed E-state index contributed by atoms with van der Waals surface area (Å²) < 4.78 is 0. The number of hydrogen-bond donors (Lipinski definition) is 3. The van der Waals surface area contributed by atoms with E-state index in [0.29, 0.717) is 29.6 Å². The SMILES string of the molecule is CCCN(CCC)C(=O)C1=Cc2ccc(C(O)NC3CCCCC3)cc2N=C(N)C1. The zero-order valence-electron chi connectivity index (χ0n) is 18.4. The minimum absolute atomic E-state index is 0.0350. The van der Waals surface area contributed by atoms with Gasteiger partial charge in [-0.2, -0.15) is 0 Å². The molecule has 1 aromatic rings. The summed E-state index contributed by atoms with van der Waals surface area (Å²) in [4.78, 5) is 19.5. The molecule has 3 rings (SSSR count). The molecule has 1 saturated carbocycles. The second-order valence-corrected chi connectivity index (χ2v) is 8.46. The number of amidine groups is 1. The van der Waals surface area contributed by atoms with Gasteiger partial charge in [0.05, 0.1) is 5.69 Å². The molecule has 1 amide bonds. The molecule has 1 fully saturated rings. The maximum absolute atomic E-state index is 13.1. The molecule has 1 atom stereocenters. The third-order valence-corrected chi connectivity index (χ3v) is 5.88. The number of aliphatic hydroxyl groups excluding tert-OH is 1. The molecule has 30 heavy (non-hydrogen) atoms. The summed E-state index contributed by atoms with van der Waals surface area (Å²) in [5.74, 6) is 0.459. The molecule has 0 saturated heterocycles. The Morgan fingerprint density at radius 1 is 1.23 bits per heavy atom. The van der Waals surface area contributed by atoms with Crippen LogP contribution >= 0.6 is 0 Å². The first-order chi connectivity index (χ1) is 14.5. The van der Waals surface area contributed by atoms with E-state index in [1.807, 2.05) is 29.2 Å². The van der Waals surface area contributed by atoms with Crippen LogP contribution in [0.2, 0.25) is 0 Å². The first-order valence-electron chi connectivity index (χ1n) is 11.4. The Labute approximate surface area is 180 Å². The van der Waals surface area contributed by atoms with E-state index in [4.69, 9.17) is 5.73 Å². The molecule has 2 aliphatic rings. The summed E-state index contributed by atoms with van der Waals surface area (Å²) in [5, 5.41) is 14.0. The number of aliphatic hydroxyl groups is 1. The van der Waals surface area contributed by atoms with Gasteiger partial charge in [-0.15, -0.1) is 0 Å². The quantitative estimate of drug-likeness (QED) is 0.562. The van der Waals surface area contributed by atoms with Crippen LogP contribution in [0.4, 0.5) is 5.69 Å². The minimum atomic E-state index is -0.729. The summed E-state index contributed by atoms with van der Waals surface area (Å²) >= 11 is 0. The number of hydrogen-bond acceptors (Lipinski definition) is 5. The molecule has 1 unspecified atom stereocenters. The number of fused-ring (bicyclic) bond motifs is 1. The molecule has 1 heterocycles. The number of amides is 1. The Kier molecular flexibility index (Phi) is 8.05. The zero-order chi connectivity index (χ0) is 21.5. The predicted octanol–water partition coefficient (Wildman–Crippen LogP) is 4.02. The molecule has 0 spiro atoms. The van der Waals surface area contributed by atoms with E-state index < -0.39 is 6.23 Å². The largest absolute Gasteiger partial charge is 0.387 e. The summed E-state index contributed by atoms with van der Waals surface area (Å²) in [6, 6.07) is 6.07. The summed E-state index contributed by atoms with van der Waals surface area (Å²) in [7, 11) is 0. The topological polar surface area (TPSA) is 91.0 Å². The van der Waals surface area contributed by atoms with E-state index >= 15 is 0 Å². The van der Waals surface area contributed by atoms with Gasteiger partial charge in [-0.05, 0) is 43.4 Å². The number of nitrogens with two attached hydrogens (primary N) is 1. The van der Waals surface area contributed by atoms with Crippen molar-refractivity contribution < 1.29 is 9.90 Å². The van der Waals surface area contributed by atoms with Gasteiger partial charge in [0.2, 0.25) is 5.91 Å². The van der Waals surface area contributed by atoms with E-state index in [9.17, 15) is 9.90 Å². The van der Waals surface area contributed by atoms with E-state index in [-0.39, 0.29) is 5.91 Å². The summed E-state index contributed by atoms with van der Waals surface area (Å²) in [6.45, 7) is 5.64. The van der Waals surface area contributed by atoms with Crippen LogP contribution in [0.25, 0.3) is 6.08 Å². The molecule has 164 valence electrons. The van der Waals surface area contributed by atoms with Crippen molar-refractivity contribution in [2.75, 3.05) is 13.1 Å². The standard InChI is InChI=1S/C24H36N4O2/c1-3-12-28(13-4-2)24(30)19-14-17-10-11-18(15-21(17)27-22(25)16-19)23(29)26-20-8-6-5-7-9-20/h10-11,14-15,20,23,26,29H,3-9,12-13,16H2,1-2H3,(H2,25,27). The third kappa shape index (κ3) is 5.70. The molecule has 1 aliphatic heterocycles. The fourth-order valence-electron chi connectivity index (χ4n) is 4.36. The second kappa shape index (κ2) is 10.7. The highest BCUT2D eigenvalue weighted by molar-refractivity contribution is 6.05. The van der Waals surface area contributed by atoms with Gasteiger partial charge in [0.25, 0.3) is 0 Å². The van der Waals surface area contributed by atoms with Crippen molar-refractivity contribution in [2.24, 2.45) is 10.7 Å². The molecule has 6 heteroatoms. The summed E-state index contributed by atoms with van der Waals surface area (Å²) in [5.41, 5.74) is 9.17. The number of aliphatic imine (C=N–C) groups is 1. The van der Waals surface area contributed by atoms with Crippen LogP contribution in [0.3, 0.4) is 0 Å². The average Bonchev–Trinajstić information content (AvgIpc) is 2.91. The van der Waals surface area contributed by atoms with Crippen molar-refractivity contribution in [2.45, 2.75) is 77.5 Å². The van der Waals surface area contributed by atoms with Gasteiger partial charge in [-0.3, -0.25) is 10.1 Å². The van der Waals surface area contributed by atoms with Crippen LogP contribution in [0.5, 0.6) is 0 Å². The Balaban J connectivity index is 1.81. The highest BCUT2D eigenvalue weighted by Gasteiger charge is 2.22. The maximum Gasteiger partial charge on any atom is 0.250 e. The molecule has 0 radical (unpaired) electrons. The van der Waals surface area contributed by atoms with Crippen LogP contribution in [0.15, 0.2) is 28.8 Å². The van der Waals surface area contributed by atoms with Crippen molar-refractivity contribution >= 4 is 23.5 Å². The highest BCUT2D eigenvalue weighted by atomic mass is 16.3. The molecule has 0 aromatic heterocycles. The van der Waals surface area contributed by atoms with Crippen LogP contribution in [-0.4, -0.2) is 40.9 Å². The second-order valence-electron chi connectivity index (χ2n) is 8.46. The van der Waals surface area contributed by atoms with Gasteiger partial charge >= 0.3 is 0 Å². The van der Waals surface area contributed by atoms with Gasteiger partial charge in [0.1, 0.15) is 12.1 Å². The van der Waals surface area contributed by atoms with Crippen molar-refractivity contribution in [3.05, 3.63) is 34.9 Å². The lowest BCUT2D eigenvalue weighted by Gasteiger charge is -2.26. The predicted molar refractivity (Wildman–Crippen MR) is 122 cm³/mol. The smallest absolute Gasteiger partial charge is 0.250 e. The van der Waals surface area contributed by atoms with Crippen LogP contribution in [-0.2, 0) is 4.79 Å². The Bertz CT molecular complexity index is 790. The molecule has 1 aromatic carbocycles. The molecule has 4 N–H and O–H groups in total. The molecular weight excluding hydrogens is 376 g/mol. The van der Waals surface area contributed by atoms with Crippen LogP contribution in [0, 0.1) is 0 Å². The number of nitrogens with one attached hydrogen (secondary N) is 1. The molecule has 1 aliphatic carbocycles. The Morgan fingerprint density at radius 2 is 1.93 bits per heavy atom. The zero-order valence-corrected chi connectivity index (χ0v) is 18.4. The molecule has 0 bridgehead atoms. The number of carbonyl (C=O) groups excluding carboxylic acids is 1. The van der Waals surface area contributed by atoms with Gasteiger partial charge in [0.15, 0.2) is 0 Å². The lowest BCUT2D eigenvalue weighted by atomic mass is 9.95. The lowest BCUT2D eigenvalue weighted by molar-refractivity contribution is -0.127. The number of rotatable bonds is 8. The molecular formula is C24H36N4O2. The monoisotopic (exact) mass is 412 g/mol. The normalized spacial score (nSPS) is 18.1. The third-order valence-electron chi connectivity index (χ3n) is 5.88. The van der Waals surface area contributed by atoms with Gasteiger partial charge in [-0.1, -0.05) is 45.2 Å². The van der Waals surface area contributed by atoms with Gasteiger partial charge < -0.3 is 15.7 Å². The van der Waals surface area contributed by atoms with E-state index in [1.165, 1.54) is 19.3 Å². The Morgan fingerprint density at radius 3 is 2.60 bits per heavy atom. The number of nitrogens with zero attached hydrogens (tertiary/aromatic N) is 2. The van der Waals surface area contributed by atoms with E-state index in [1.54, 1.807) is 0 Å². The van der Waals surface area contributed by atoms with Crippen molar-refractivity contribution in [3.63, 3.8) is 0 Å². The summed E-state index contributed by atoms with van der Waals surface area (Å²) in [6.07, 6.45) is 9.28. The fraction of sp³-hybridized carbons (Fsp3) is 0.583. The first-order valence-corrected chi connectivity index (χ1v) is 11.4. The molecule has 6 nitrogen and oxygen atoms in total. The van der Waals surface area contributed by atoms with Crippen LogP contribution in [0.1, 0.15) is 82.6 Å². The number of benzene rings is 1. The first kappa shape index (κ1) is 22.5. The van der Waals surface area contributed by atoms with Gasteiger partial charge in [0, 0.05) is 36.7 Å². The van der Waals surface area contributed by atoms with E-state index in [2.05, 4.69) is 24.2 Å². The highest BCUT2D eigenvalue weighted by Crippen LogP contribution is 2.30. The van der Waals surface area contributed by atoms with Crippen molar-refractivity contribution in [1.29, 1.82) is 0 Å². The van der Waals surface area contributed by atoms with Crippen molar-refractivity contribution in [1.82, 2.24) is 10.2 Å². The average molecular weight is 413 g/mol. The fourth-order valence-corrected chi connectivity index (χ4v) is 4.36. The lowest BCUT2D eigenvalue weighted by Crippen LogP contribution is -2.34. The van der Waals surface area contributed by atoms with Crippen molar-refractivity contribution in [3.8, 4) is 0 Å². The maximum atomic E-state index is 13.1. The van der Waals surface area contributed by atoms with E-state index in [0.717, 1.165) is 49.9 Å². The van der Waals surface area contributed by atoms with Gasteiger partial charge in [-0.25, -0.2) is 4.99 Å². The minimum Gasteiger partial charge on any atom is -0.387 e. The number of carbonyl (C=O) groups is 1. The van der Waals surface area contributed by atoms with Crippen LogP contribution < -0.4 is 11.1 Å².